The van der Waals surface area contributed by atoms with E-state index in [0.29, 0.717) is 17.6 Å². The molecular weight excluding hydrogens is 466 g/mol. The maximum Gasteiger partial charge on any atom is 0.321 e. The summed E-state index contributed by atoms with van der Waals surface area (Å²) in [6, 6.07) is 14.5. The van der Waals surface area contributed by atoms with Gasteiger partial charge in [0.2, 0.25) is 5.91 Å². The lowest BCUT2D eigenvalue weighted by Gasteiger charge is -2.21. The standard InChI is InChI=1S/C25H31N5O4S/c1-7-34-20-14-10-18(11-15-20)30-21(17-8-12-19(33-6)13-9-17)28-29-24(30)35-16(2)22(31)26-23(32)27-25(3,4)5/h8-16H,7H2,1-6H3,(H2,26,27,31,32). The summed E-state index contributed by atoms with van der Waals surface area (Å²) < 4.78 is 12.7. The number of methoxy groups -OCH3 is 1. The van der Waals surface area contributed by atoms with Crippen LogP contribution in [0.4, 0.5) is 4.79 Å². The summed E-state index contributed by atoms with van der Waals surface area (Å²) in [4.78, 5) is 24.8. The van der Waals surface area contributed by atoms with Crippen molar-refractivity contribution < 1.29 is 19.1 Å². The predicted molar refractivity (Wildman–Crippen MR) is 136 cm³/mol. The Kier molecular flexibility index (Phi) is 8.39. The highest BCUT2D eigenvalue weighted by atomic mass is 32.2. The predicted octanol–water partition coefficient (Wildman–Crippen LogP) is 4.45. The van der Waals surface area contributed by atoms with E-state index in [4.69, 9.17) is 9.47 Å². The molecule has 0 spiro atoms. The molecule has 0 radical (unpaired) electrons. The van der Waals surface area contributed by atoms with Crippen LogP contribution in [0.15, 0.2) is 53.7 Å². The number of carbonyl (C=O) groups is 2. The molecule has 2 aromatic carbocycles. The minimum Gasteiger partial charge on any atom is -0.497 e. The van der Waals surface area contributed by atoms with Crippen molar-refractivity contribution in [1.29, 1.82) is 0 Å². The van der Waals surface area contributed by atoms with Gasteiger partial charge in [0.15, 0.2) is 11.0 Å². The van der Waals surface area contributed by atoms with Gasteiger partial charge in [0, 0.05) is 16.8 Å². The van der Waals surface area contributed by atoms with E-state index in [1.807, 2.05) is 80.8 Å². The van der Waals surface area contributed by atoms with Crippen LogP contribution < -0.4 is 20.1 Å². The molecule has 0 aliphatic rings. The van der Waals surface area contributed by atoms with Crippen molar-refractivity contribution in [1.82, 2.24) is 25.4 Å². The van der Waals surface area contributed by atoms with Crippen LogP contribution in [0, 0.1) is 0 Å². The lowest BCUT2D eigenvalue weighted by Crippen LogP contribution is -2.49. The fourth-order valence-corrected chi connectivity index (χ4v) is 4.03. The van der Waals surface area contributed by atoms with Gasteiger partial charge in [-0.2, -0.15) is 0 Å². The van der Waals surface area contributed by atoms with Gasteiger partial charge in [-0.05, 0) is 83.1 Å². The molecule has 0 saturated carbocycles. The number of benzene rings is 2. The zero-order chi connectivity index (χ0) is 25.6. The largest absolute Gasteiger partial charge is 0.497 e. The molecule has 0 aliphatic heterocycles. The third-order valence-electron chi connectivity index (χ3n) is 4.76. The Bertz CT molecular complexity index is 1150. The molecule has 3 aromatic rings. The van der Waals surface area contributed by atoms with Crippen molar-refractivity contribution in [3.05, 3.63) is 48.5 Å². The van der Waals surface area contributed by atoms with E-state index in [-0.39, 0.29) is 0 Å². The molecule has 3 rings (SSSR count). The molecule has 0 fully saturated rings. The number of nitrogens with zero attached hydrogens (tertiary/aromatic N) is 3. The first-order valence-corrected chi connectivity index (χ1v) is 12.1. The van der Waals surface area contributed by atoms with Crippen LogP contribution in [0.1, 0.15) is 34.6 Å². The number of amides is 3. The van der Waals surface area contributed by atoms with E-state index >= 15 is 0 Å². The van der Waals surface area contributed by atoms with Crippen molar-refractivity contribution >= 4 is 23.7 Å². The Morgan fingerprint density at radius 3 is 2.23 bits per heavy atom. The van der Waals surface area contributed by atoms with Crippen LogP contribution in [-0.4, -0.2) is 51.2 Å². The van der Waals surface area contributed by atoms with Gasteiger partial charge in [0.25, 0.3) is 0 Å². The van der Waals surface area contributed by atoms with E-state index in [1.54, 1.807) is 14.0 Å². The van der Waals surface area contributed by atoms with Gasteiger partial charge in [-0.1, -0.05) is 11.8 Å². The van der Waals surface area contributed by atoms with Crippen LogP contribution in [0.25, 0.3) is 17.1 Å². The summed E-state index contributed by atoms with van der Waals surface area (Å²) >= 11 is 1.21. The van der Waals surface area contributed by atoms with Crippen molar-refractivity contribution in [3.8, 4) is 28.6 Å². The first kappa shape index (κ1) is 26.1. The quantitative estimate of drug-likeness (QED) is 0.443. The number of thioether (sulfide) groups is 1. The lowest BCUT2D eigenvalue weighted by molar-refractivity contribution is -0.119. The number of nitrogens with one attached hydrogen (secondary N) is 2. The maximum absolute atomic E-state index is 12.7. The van der Waals surface area contributed by atoms with Gasteiger partial charge in [-0.3, -0.25) is 14.7 Å². The topological polar surface area (TPSA) is 107 Å². The SMILES string of the molecule is CCOc1ccc(-n2c(SC(C)C(=O)NC(=O)NC(C)(C)C)nnc2-c2ccc(OC)cc2)cc1. The second-order valence-electron chi connectivity index (χ2n) is 8.75. The molecule has 10 heteroatoms. The summed E-state index contributed by atoms with van der Waals surface area (Å²) in [7, 11) is 1.61. The highest BCUT2D eigenvalue weighted by molar-refractivity contribution is 8.00. The first-order chi connectivity index (χ1) is 16.6. The number of rotatable bonds is 8. The lowest BCUT2D eigenvalue weighted by atomic mass is 10.1. The monoisotopic (exact) mass is 497 g/mol. The number of urea groups is 1. The van der Waals surface area contributed by atoms with Gasteiger partial charge in [-0.15, -0.1) is 10.2 Å². The second-order valence-corrected chi connectivity index (χ2v) is 10.1. The van der Waals surface area contributed by atoms with Gasteiger partial charge >= 0.3 is 6.03 Å². The number of hydrogen-bond acceptors (Lipinski definition) is 7. The maximum atomic E-state index is 12.7. The molecular formula is C25H31N5O4S. The number of imide groups is 1. The third kappa shape index (κ3) is 6.98. The molecule has 1 heterocycles. The number of hydrogen-bond donors (Lipinski definition) is 2. The van der Waals surface area contributed by atoms with Crippen LogP contribution in [0.5, 0.6) is 11.5 Å². The smallest absolute Gasteiger partial charge is 0.321 e. The molecule has 35 heavy (non-hydrogen) atoms. The first-order valence-electron chi connectivity index (χ1n) is 11.2. The van der Waals surface area contributed by atoms with Crippen LogP contribution in [0.2, 0.25) is 0 Å². The Labute approximate surface area is 209 Å². The van der Waals surface area contributed by atoms with Gasteiger partial charge in [0.1, 0.15) is 11.5 Å². The Morgan fingerprint density at radius 2 is 1.66 bits per heavy atom. The Balaban J connectivity index is 1.91. The highest BCUT2D eigenvalue weighted by Crippen LogP contribution is 2.31. The second kappa shape index (κ2) is 11.3. The fourth-order valence-electron chi connectivity index (χ4n) is 3.16. The number of ether oxygens (including phenoxy) is 2. The van der Waals surface area contributed by atoms with E-state index in [2.05, 4.69) is 20.8 Å². The Hall–Kier alpha value is -3.53. The molecule has 0 aliphatic carbocycles. The van der Waals surface area contributed by atoms with E-state index in [0.717, 1.165) is 22.7 Å². The summed E-state index contributed by atoms with van der Waals surface area (Å²) in [6.07, 6.45) is 0. The molecule has 3 amide bonds. The highest BCUT2D eigenvalue weighted by Gasteiger charge is 2.24. The van der Waals surface area contributed by atoms with Crippen molar-refractivity contribution in [2.45, 2.75) is 50.6 Å². The zero-order valence-corrected chi connectivity index (χ0v) is 21.6. The van der Waals surface area contributed by atoms with Crippen LogP contribution in [0.3, 0.4) is 0 Å². The molecule has 186 valence electrons. The molecule has 9 nitrogen and oxygen atoms in total. The summed E-state index contributed by atoms with van der Waals surface area (Å²) in [5.74, 6) is 1.66. The molecule has 1 atom stereocenters. The molecule has 0 saturated heterocycles. The minimum absolute atomic E-state index is 0.427. The van der Waals surface area contributed by atoms with Gasteiger partial charge in [0.05, 0.1) is 19.0 Å². The van der Waals surface area contributed by atoms with Crippen molar-refractivity contribution in [2.24, 2.45) is 0 Å². The van der Waals surface area contributed by atoms with Gasteiger partial charge < -0.3 is 14.8 Å². The zero-order valence-electron chi connectivity index (χ0n) is 20.8. The average Bonchev–Trinajstić information content (AvgIpc) is 3.22. The summed E-state index contributed by atoms with van der Waals surface area (Å²) in [5, 5.41) is 13.8. The molecule has 0 bridgehead atoms. The summed E-state index contributed by atoms with van der Waals surface area (Å²) in [5.41, 5.74) is 1.19. The van der Waals surface area contributed by atoms with Crippen molar-refractivity contribution in [2.75, 3.05) is 13.7 Å². The molecule has 2 N–H and O–H groups in total. The summed E-state index contributed by atoms with van der Waals surface area (Å²) in [6.45, 7) is 9.74. The molecule has 1 unspecified atom stereocenters. The third-order valence-corrected chi connectivity index (χ3v) is 5.81. The number of aromatic nitrogens is 3. The minimum atomic E-state index is -0.602. The van der Waals surface area contributed by atoms with E-state index in [9.17, 15) is 9.59 Å². The fraction of sp³-hybridized carbons (Fsp3) is 0.360. The van der Waals surface area contributed by atoms with Crippen LogP contribution in [-0.2, 0) is 4.79 Å². The average molecular weight is 498 g/mol. The van der Waals surface area contributed by atoms with E-state index in [1.165, 1.54) is 11.8 Å². The van der Waals surface area contributed by atoms with Gasteiger partial charge in [-0.25, -0.2) is 4.79 Å². The normalized spacial score (nSPS) is 12.1. The number of carbonyl (C=O) groups excluding carboxylic acids is 2. The van der Waals surface area contributed by atoms with Crippen molar-refractivity contribution in [3.63, 3.8) is 0 Å². The molecule has 1 aromatic heterocycles. The van der Waals surface area contributed by atoms with Crippen LogP contribution >= 0.6 is 11.8 Å². The Morgan fingerprint density at radius 1 is 1.03 bits per heavy atom. The van der Waals surface area contributed by atoms with E-state index < -0.39 is 22.7 Å².